The minimum Gasteiger partial charge on any atom is -1.00 e. The Morgan fingerprint density at radius 1 is 1.15 bits per heavy atom. The summed E-state index contributed by atoms with van der Waals surface area (Å²) in [5, 5.41) is 2.89. The number of hydrogen-bond acceptors (Lipinski definition) is 1. The minimum atomic E-state index is -0.0431. The van der Waals surface area contributed by atoms with Gasteiger partial charge in [-0.05, 0) is 53.0 Å². The summed E-state index contributed by atoms with van der Waals surface area (Å²) in [5.41, 5.74) is 3.12. The summed E-state index contributed by atoms with van der Waals surface area (Å²) in [7, 11) is 0. The Bertz CT molecular complexity index is 599. The van der Waals surface area contributed by atoms with Gasteiger partial charge in [-0.15, -0.1) is 0 Å². The van der Waals surface area contributed by atoms with E-state index in [9.17, 15) is 4.79 Å². The van der Waals surface area contributed by atoms with Crippen molar-refractivity contribution >= 4 is 27.5 Å². The first-order chi connectivity index (χ1) is 9.04. The first-order valence-corrected chi connectivity index (χ1v) is 6.85. The van der Waals surface area contributed by atoms with E-state index in [1.165, 1.54) is 5.56 Å². The van der Waals surface area contributed by atoms with Crippen LogP contribution in [0.1, 0.15) is 11.1 Å². The van der Waals surface area contributed by atoms with Crippen molar-refractivity contribution < 1.29 is 21.8 Å². The molecule has 1 aromatic heterocycles. The van der Waals surface area contributed by atoms with Gasteiger partial charge < -0.3 is 17.7 Å². The predicted molar refractivity (Wildman–Crippen MR) is 78.9 cm³/mol. The Labute approximate surface area is 133 Å². The lowest BCUT2D eigenvalue weighted by atomic mass is 10.2. The summed E-state index contributed by atoms with van der Waals surface area (Å²) in [6.07, 6.45) is 3.80. The van der Waals surface area contributed by atoms with Gasteiger partial charge in [0.25, 0.3) is 5.91 Å². The van der Waals surface area contributed by atoms with Gasteiger partial charge in [-0.3, -0.25) is 4.79 Å². The molecular formula is C15H16BrClN2O. The topological polar surface area (TPSA) is 33.0 Å². The lowest BCUT2D eigenvalue weighted by Crippen LogP contribution is -3.00. The van der Waals surface area contributed by atoms with Gasteiger partial charge in [0.15, 0.2) is 12.4 Å². The second-order valence-electron chi connectivity index (χ2n) is 4.58. The Kier molecular flexibility index (Phi) is 6.17. The van der Waals surface area contributed by atoms with Gasteiger partial charge in [0.05, 0.1) is 5.69 Å². The third-order valence-electron chi connectivity index (χ3n) is 2.78. The summed E-state index contributed by atoms with van der Waals surface area (Å²) in [5.74, 6) is -0.0431. The van der Waals surface area contributed by atoms with Gasteiger partial charge in [0.1, 0.15) is 0 Å². The quantitative estimate of drug-likeness (QED) is 0.772. The van der Waals surface area contributed by atoms with Crippen LogP contribution in [0, 0.1) is 13.8 Å². The number of pyridine rings is 1. The number of halogens is 2. The summed E-state index contributed by atoms with van der Waals surface area (Å²) < 4.78 is 2.75. The maximum atomic E-state index is 12.0. The van der Waals surface area contributed by atoms with Crippen molar-refractivity contribution in [1.82, 2.24) is 0 Å². The van der Waals surface area contributed by atoms with E-state index in [1.54, 1.807) is 0 Å². The molecule has 0 aliphatic carbocycles. The van der Waals surface area contributed by atoms with Crippen molar-refractivity contribution in [3.05, 3.63) is 58.3 Å². The monoisotopic (exact) mass is 354 g/mol. The zero-order chi connectivity index (χ0) is 13.8. The molecule has 2 rings (SSSR count). The Morgan fingerprint density at radius 2 is 1.80 bits per heavy atom. The molecule has 0 saturated carbocycles. The molecule has 1 N–H and O–H groups in total. The normalized spacial score (nSPS) is 9.75. The van der Waals surface area contributed by atoms with Crippen molar-refractivity contribution in [2.24, 2.45) is 0 Å². The fourth-order valence-electron chi connectivity index (χ4n) is 1.71. The Morgan fingerprint density at radius 3 is 2.40 bits per heavy atom. The van der Waals surface area contributed by atoms with E-state index < -0.39 is 0 Å². The van der Waals surface area contributed by atoms with E-state index in [0.29, 0.717) is 6.54 Å². The molecule has 0 saturated heterocycles. The number of benzene rings is 1. The number of nitrogens with one attached hydrogen (secondary N) is 1. The number of nitrogens with zero attached hydrogens (tertiary/aromatic N) is 1. The first kappa shape index (κ1) is 16.7. The Balaban J connectivity index is 0.00000200. The highest BCUT2D eigenvalue weighted by Gasteiger charge is 2.10. The molecule has 0 atom stereocenters. The number of carbonyl (C=O) groups excluding carboxylic acids is 1. The molecule has 0 spiro atoms. The molecule has 3 nitrogen and oxygen atoms in total. The molecule has 1 aromatic carbocycles. The lowest BCUT2D eigenvalue weighted by molar-refractivity contribution is -0.684. The van der Waals surface area contributed by atoms with Crippen LogP contribution in [-0.4, -0.2) is 5.91 Å². The largest absolute Gasteiger partial charge is 1.00 e. The fraction of sp³-hybridized carbons (Fsp3) is 0.200. The van der Waals surface area contributed by atoms with E-state index in [4.69, 9.17) is 0 Å². The molecule has 0 fully saturated rings. The average Bonchev–Trinajstić information content (AvgIpc) is 2.36. The maximum absolute atomic E-state index is 12.0. The molecule has 0 bridgehead atoms. The van der Waals surface area contributed by atoms with E-state index in [1.807, 2.05) is 61.1 Å². The van der Waals surface area contributed by atoms with Gasteiger partial charge >= 0.3 is 0 Å². The second kappa shape index (κ2) is 7.41. The molecule has 0 aliphatic heterocycles. The molecule has 1 heterocycles. The molecule has 106 valence electrons. The number of amides is 1. The Hall–Kier alpha value is -1.39. The fourth-order valence-corrected chi connectivity index (χ4v) is 2.31. The van der Waals surface area contributed by atoms with Crippen LogP contribution < -0.4 is 22.3 Å². The van der Waals surface area contributed by atoms with Crippen molar-refractivity contribution in [1.29, 1.82) is 0 Å². The van der Waals surface area contributed by atoms with Crippen LogP contribution in [0.25, 0.3) is 0 Å². The SMILES string of the molecule is Cc1cc[n+](CC(=O)Nc2ccc(C)cc2Br)cc1.[Cl-]. The molecule has 5 heteroatoms. The summed E-state index contributed by atoms with van der Waals surface area (Å²) in [6, 6.07) is 9.81. The van der Waals surface area contributed by atoms with Crippen LogP contribution in [0.2, 0.25) is 0 Å². The van der Waals surface area contributed by atoms with Crippen molar-refractivity contribution in [2.75, 3.05) is 5.32 Å². The number of aromatic nitrogens is 1. The highest BCUT2D eigenvalue weighted by Crippen LogP contribution is 2.23. The number of hydrogen-bond donors (Lipinski definition) is 1. The van der Waals surface area contributed by atoms with Crippen LogP contribution in [-0.2, 0) is 11.3 Å². The van der Waals surface area contributed by atoms with E-state index in [-0.39, 0.29) is 18.3 Å². The summed E-state index contributed by atoms with van der Waals surface area (Å²) in [6.45, 7) is 4.34. The smallest absolute Gasteiger partial charge is 0.290 e. The molecular weight excluding hydrogens is 340 g/mol. The summed E-state index contributed by atoms with van der Waals surface area (Å²) in [4.78, 5) is 12.0. The van der Waals surface area contributed by atoms with Crippen LogP contribution in [0.4, 0.5) is 5.69 Å². The van der Waals surface area contributed by atoms with E-state index in [2.05, 4.69) is 21.2 Å². The van der Waals surface area contributed by atoms with Crippen molar-refractivity contribution in [3.63, 3.8) is 0 Å². The van der Waals surface area contributed by atoms with Gasteiger partial charge in [-0.2, -0.15) is 4.57 Å². The van der Waals surface area contributed by atoms with Crippen LogP contribution in [0.15, 0.2) is 47.2 Å². The molecule has 0 radical (unpaired) electrons. The highest BCUT2D eigenvalue weighted by molar-refractivity contribution is 9.10. The first-order valence-electron chi connectivity index (χ1n) is 6.06. The average molecular weight is 356 g/mol. The minimum absolute atomic E-state index is 0. The molecule has 20 heavy (non-hydrogen) atoms. The molecule has 0 aliphatic rings. The van der Waals surface area contributed by atoms with Gasteiger partial charge in [-0.25, -0.2) is 0 Å². The third-order valence-corrected chi connectivity index (χ3v) is 3.44. The van der Waals surface area contributed by atoms with E-state index >= 15 is 0 Å². The van der Waals surface area contributed by atoms with Crippen LogP contribution in [0.3, 0.4) is 0 Å². The molecule has 2 aromatic rings. The van der Waals surface area contributed by atoms with Crippen LogP contribution in [0.5, 0.6) is 0 Å². The zero-order valence-corrected chi connectivity index (χ0v) is 13.7. The number of rotatable bonds is 3. The van der Waals surface area contributed by atoms with Gasteiger partial charge in [0, 0.05) is 16.6 Å². The predicted octanol–water partition coefficient (Wildman–Crippen LogP) is -0.00386. The number of carbonyl (C=O) groups is 1. The highest BCUT2D eigenvalue weighted by atomic mass is 79.9. The third kappa shape index (κ3) is 4.62. The van der Waals surface area contributed by atoms with E-state index in [0.717, 1.165) is 15.7 Å². The second-order valence-corrected chi connectivity index (χ2v) is 5.43. The standard InChI is InChI=1S/C15H15BrN2O.ClH/c1-11-5-7-18(8-6-11)10-15(19)17-14-4-3-12(2)9-13(14)16;/h3-9H,10H2,1-2H3;1H. The van der Waals surface area contributed by atoms with Crippen molar-refractivity contribution in [2.45, 2.75) is 20.4 Å². The van der Waals surface area contributed by atoms with Gasteiger partial charge in [0.2, 0.25) is 6.54 Å². The van der Waals surface area contributed by atoms with Crippen molar-refractivity contribution in [3.8, 4) is 0 Å². The molecule has 1 amide bonds. The van der Waals surface area contributed by atoms with Gasteiger partial charge in [-0.1, -0.05) is 6.07 Å². The number of aryl methyl sites for hydroxylation is 2. The zero-order valence-electron chi connectivity index (χ0n) is 11.4. The maximum Gasteiger partial charge on any atom is 0.290 e. The van der Waals surface area contributed by atoms with Crippen LogP contribution >= 0.6 is 15.9 Å². The molecule has 0 unspecified atom stereocenters. The number of anilines is 1. The lowest BCUT2D eigenvalue weighted by Gasteiger charge is -2.06. The summed E-state index contributed by atoms with van der Waals surface area (Å²) >= 11 is 3.45.